The molecule has 0 spiro atoms. The number of ether oxygens (including phenoxy) is 1. The van der Waals surface area contributed by atoms with Crippen LogP contribution in [0, 0.1) is 0 Å². The van der Waals surface area contributed by atoms with E-state index in [1.807, 2.05) is 6.92 Å². The first-order chi connectivity index (χ1) is 7.13. The zero-order valence-corrected chi connectivity index (χ0v) is 9.54. The van der Waals surface area contributed by atoms with Gasteiger partial charge in [-0.05, 0) is 38.1 Å². The molecule has 3 nitrogen and oxygen atoms in total. The van der Waals surface area contributed by atoms with Gasteiger partial charge in [-0.25, -0.2) is 0 Å². The van der Waals surface area contributed by atoms with Crippen LogP contribution in [0.25, 0.3) is 0 Å². The lowest BCUT2D eigenvalue weighted by Gasteiger charge is -2.07. The van der Waals surface area contributed by atoms with E-state index in [0.29, 0.717) is 6.61 Å². The molecule has 1 N–H and O–H groups in total. The van der Waals surface area contributed by atoms with Crippen molar-refractivity contribution in [1.29, 1.82) is 0 Å². The lowest BCUT2D eigenvalue weighted by Crippen LogP contribution is -2.20. The predicted molar refractivity (Wildman–Crippen MR) is 61.6 cm³/mol. The van der Waals surface area contributed by atoms with Gasteiger partial charge in [-0.2, -0.15) is 0 Å². The molecule has 1 atom stereocenters. The summed E-state index contributed by atoms with van der Waals surface area (Å²) < 4.78 is 5.27. The Morgan fingerprint density at radius 3 is 2.53 bits per heavy atom. The molecule has 4 heteroatoms. The highest BCUT2D eigenvalue weighted by Crippen LogP contribution is 2.16. The number of alkyl halides is 1. The Morgan fingerprint density at radius 2 is 2.07 bits per heavy atom. The average molecular weight is 228 g/mol. The standard InChI is InChI=1S/C11H14ClNO2/c1-3-15-10-6-4-9(5-7-10)13-11(14)8(2)12/h4-8H,3H2,1-2H3,(H,13,14)/t8-/m1/s1. The first-order valence-corrected chi connectivity index (χ1v) is 5.25. The molecule has 82 valence electrons. The zero-order chi connectivity index (χ0) is 11.3. The molecule has 15 heavy (non-hydrogen) atoms. The Balaban J connectivity index is 2.60. The summed E-state index contributed by atoms with van der Waals surface area (Å²) >= 11 is 5.62. The quantitative estimate of drug-likeness (QED) is 0.804. The molecule has 0 aliphatic carbocycles. The smallest absolute Gasteiger partial charge is 0.242 e. The highest BCUT2D eigenvalue weighted by Gasteiger charge is 2.08. The van der Waals surface area contributed by atoms with E-state index in [-0.39, 0.29) is 5.91 Å². The minimum atomic E-state index is -0.531. The molecule has 0 aromatic heterocycles. The highest BCUT2D eigenvalue weighted by atomic mass is 35.5. The Labute approximate surface area is 94.4 Å². The van der Waals surface area contributed by atoms with Crippen LogP contribution in [0.3, 0.4) is 0 Å². The normalized spacial score (nSPS) is 11.9. The van der Waals surface area contributed by atoms with Crippen molar-refractivity contribution in [1.82, 2.24) is 0 Å². The van der Waals surface area contributed by atoms with Crippen LogP contribution < -0.4 is 10.1 Å². The van der Waals surface area contributed by atoms with Crippen LogP contribution in [-0.4, -0.2) is 17.9 Å². The molecule has 0 aliphatic heterocycles. The largest absolute Gasteiger partial charge is 0.494 e. The fraction of sp³-hybridized carbons (Fsp3) is 0.364. The maximum absolute atomic E-state index is 11.2. The number of benzene rings is 1. The summed E-state index contributed by atoms with van der Waals surface area (Å²) in [4.78, 5) is 11.2. The van der Waals surface area contributed by atoms with Crippen LogP contribution in [0.15, 0.2) is 24.3 Å². The number of nitrogens with one attached hydrogen (secondary N) is 1. The van der Waals surface area contributed by atoms with Crippen molar-refractivity contribution < 1.29 is 9.53 Å². The van der Waals surface area contributed by atoms with Crippen LogP contribution in [0.2, 0.25) is 0 Å². The van der Waals surface area contributed by atoms with Crippen molar-refractivity contribution >= 4 is 23.2 Å². The second-order valence-electron chi connectivity index (χ2n) is 3.06. The van der Waals surface area contributed by atoms with E-state index in [0.717, 1.165) is 11.4 Å². The molecule has 0 saturated heterocycles. The summed E-state index contributed by atoms with van der Waals surface area (Å²) in [6.45, 7) is 4.18. The molecule has 0 aliphatic rings. The van der Waals surface area contributed by atoms with Gasteiger partial charge in [0.2, 0.25) is 5.91 Å². The van der Waals surface area contributed by atoms with Gasteiger partial charge >= 0.3 is 0 Å². The Kier molecular flexibility index (Phi) is 4.43. The summed E-state index contributed by atoms with van der Waals surface area (Å²) in [6.07, 6.45) is 0. The maximum Gasteiger partial charge on any atom is 0.242 e. The van der Waals surface area contributed by atoms with Crippen LogP contribution in [0.1, 0.15) is 13.8 Å². The summed E-state index contributed by atoms with van der Waals surface area (Å²) in [7, 11) is 0. The third kappa shape index (κ3) is 3.80. The molecule has 1 rings (SSSR count). The van der Waals surface area contributed by atoms with Crippen molar-refractivity contribution in [3.63, 3.8) is 0 Å². The molecule has 0 heterocycles. The second-order valence-corrected chi connectivity index (χ2v) is 3.72. The Bertz CT molecular complexity index is 322. The molecule has 1 amide bonds. The van der Waals surface area contributed by atoms with E-state index in [1.54, 1.807) is 31.2 Å². The maximum atomic E-state index is 11.2. The van der Waals surface area contributed by atoms with Gasteiger partial charge in [0, 0.05) is 5.69 Å². The number of hydrogen-bond acceptors (Lipinski definition) is 2. The molecule has 1 aromatic rings. The van der Waals surface area contributed by atoms with Crippen molar-refractivity contribution in [2.45, 2.75) is 19.2 Å². The predicted octanol–water partition coefficient (Wildman–Crippen LogP) is 2.65. The number of amides is 1. The third-order valence-electron chi connectivity index (χ3n) is 1.79. The summed E-state index contributed by atoms with van der Waals surface area (Å²) in [5, 5.41) is 2.15. The highest BCUT2D eigenvalue weighted by molar-refractivity contribution is 6.32. The fourth-order valence-corrected chi connectivity index (χ4v) is 1.10. The Morgan fingerprint density at radius 1 is 1.47 bits per heavy atom. The fourth-order valence-electron chi connectivity index (χ4n) is 1.04. The van der Waals surface area contributed by atoms with Crippen molar-refractivity contribution in [3.8, 4) is 5.75 Å². The summed E-state index contributed by atoms with van der Waals surface area (Å²) in [5.74, 6) is 0.579. The third-order valence-corrected chi connectivity index (χ3v) is 1.99. The molecule has 1 aromatic carbocycles. The summed E-state index contributed by atoms with van der Waals surface area (Å²) in [5.41, 5.74) is 0.718. The van der Waals surface area contributed by atoms with Gasteiger partial charge in [-0.15, -0.1) is 11.6 Å². The molecule has 0 unspecified atom stereocenters. The van der Waals surface area contributed by atoms with Crippen LogP contribution in [0.5, 0.6) is 5.75 Å². The second kappa shape index (κ2) is 5.61. The van der Waals surface area contributed by atoms with Gasteiger partial charge in [0.25, 0.3) is 0 Å². The SMILES string of the molecule is CCOc1ccc(NC(=O)[C@@H](C)Cl)cc1. The number of carbonyl (C=O) groups is 1. The van der Waals surface area contributed by atoms with Crippen LogP contribution >= 0.6 is 11.6 Å². The Hall–Kier alpha value is -1.22. The van der Waals surface area contributed by atoms with E-state index in [9.17, 15) is 4.79 Å². The van der Waals surface area contributed by atoms with Gasteiger partial charge in [-0.1, -0.05) is 0 Å². The zero-order valence-electron chi connectivity index (χ0n) is 8.79. The number of rotatable bonds is 4. The van der Waals surface area contributed by atoms with E-state index in [4.69, 9.17) is 16.3 Å². The first-order valence-electron chi connectivity index (χ1n) is 4.81. The molecule has 0 radical (unpaired) electrons. The van der Waals surface area contributed by atoms with Gasteiger partial charge in [0.05, 0.1) is 6.61 Å². The minimum Gasteiger partial charge on any atom is -0.494 e. The van der Waals surface area contributed by atoms with E-state index in [2.05, 4.69) is 5.32 Å². The molecule has 0 fully saturated rings. The number of anilines is 1. The lowest BCUT2D eigenvalue weighted by molar-refractivity contribution is -0.115. The average Bonchev–Trinajstić information content (AvgIpc) is 2.21. The molecular formula is C11H14ClNO2. The monoisotopic (exact) mass is 227 g/mol. The lowest BCUT2D eigenvalue weighted by atomic mass is 10.3. The van der Waals surface area contributed by atoms with E-state index < -0.39 is 5.38 Å². The molecule has 0 saturated carbocycles. The van der Waals surface area contributed by atoms with E-state index >= 15 is 0 Å². The van der Waals surface area contributed by atoms with Gasteiger partial charge in [0.15, 0.2) is 0 Å². The first kappa shape index (κ1) is 11.9. The van der Waals surface area contributed by atoms with Crippen molar-refractivity contribution in [3.05, 3.63) is 24.3 Å². The van der Waals surface area contributed by atoms with Crippen molar-refractivity contribution in [2.75, 3.05) is 11.9 Å². The molecular weight excluding hydrogens is 214 g/mol. The minimum absolute atomic E-state index is 0.208. The van der Waals surface area contributed by atoms with Gasteiger partial charge in [-0.3, -0.25) is 4.79 Å². The van der Waals surface area contributed by atoms with Gasteiger partial charge < -0.3 is 10.1 Å². The van der Waals surface area contributed by atoms with E-state index in [1.165, 1.54) is 0 Å². The van der Waals surface area contributed by atoms with Crippen molar-refractivity contribution in [2.24, 2.45) is 0 Å². The molecule has 0 bridgehead atoms. The van der Waals surface area contributed by atoms with Crippen LogP contribution in [-0.2, 0) is 4.79 Å². The summed E-state index contributed by atoms with van der Waals surface area (Å²) in [6, 6.07) is 7.17. The van der Waals surface area contributed by atoms with Crippen LogP contribution in [0.4, 0.5) is 5.69 Å². The number of hydrogen-bond donors (Lipinski definition) is 1. The topological polar surface area (TPSA) is 38.3 Å². The van der Waals surface area contributed by atoms with Gasteiger partial charge in [0.1, 0.15) is 11.1 Å². The number of halogens is 1. The number of carbonyl (C=O) groups excluding carboxylic acids is 1.